The summed E-state index contributed by atoms with van der Waals surface area (Å²) in [5.74, 6) is 1.78. The van der Waals surface area contributed by atoms with Gasteiger partial charge in [0.1, 0.15) is 11.6 Å². The third kappa shape index (κ3) is 3.35. The Bertz CT molecular complexity index is 540. The van der Waals surface area contributed by atoms with Crippen molar-refractivity contribution >= 4 is 16.6 Å². The van der Waals surface area contributed by atoms with Crippen LogP contribution in [0, 0.1) is 0 Å². The molecule has 2 N–H and O–H groups in total. The van der Waals surface area contributed by atoms with E-state index in [0.717, 1.165) is 35.4 Å². The summed E-state index contributed by atoms with van der Waals surface area (Å²) in [5, 5.41) is 8.91. The lowest BCUT2D eigenvalue weighted by atomic mass is 10.1. The van der Waals surface area contributed by atoms with Crippen molar-refractivity contribution in [1.29, 1.82) is 0 Å². The Hall–Kier alpha value is -1.81. The zero-order chi connectivity index (χ0) is 13.7. The molecule has 0 atom stereocenters. The van der Waals surface area contributed by atoms with E-state index >= 15 is 0 Å². The number of hydrogen-bond acceptors (Lipinski definition) is 4. The largest absolute Gasteiger partial charge is 0.496 e. The summed E-state index contributed by atoms with van der Waals surface area (Å²) in [6.45, 7) is 6.04. The summed E-state index contributed by atoms with van der Waals surface area (Å²) in [7, 11) is 1.69. The smallest absolute Gasteiger partial charge is 0.133 e. The van der Waals surface area contributed by atoms with Crippen LogP contribution in [-0.2, 0) is 0 Å². The summed E-state index contributed by atoms with van der Waals surface area (Å²) >= 11 is 0. The van der Waals surface area contributed by atoms with Gasteiger partial charge in [-0.15, -0.1) is 0 Å². The minimum Gasteiger partial charge on any atom is -0.496 e. The number of fused-ring (bicyclic) bond motifs is 1. The van der Waals surface area contributed by atoms with Gasteiger partial charge in [-0.2, -0.15) is 0 Å². The SMILES string of the molecule is COc1cccc2c(NCCNC(C)C)nccc12. The van der Waals surface area contributed by atoms with Gasteiger partial charge in [-0.25, -0.2) is 4.98 Å². The number of methoxy groups -OCH3 is 1. The first-order valence-electron chi connectivity index (χ1n) is 6.61. The Kier molecular flexibility index (Phi) is 4.58. The molecule has 0 spiro atoms. The second-order valence-electron chi connectivity index (χ2n) is 4.75. The van der Waals surface area contributed by atoms with Gasteiger partial charge in [-0.1, -0.05) is 26.0 Å². The lowest BCUT2D eigenvalue weighted by molar-refractivity contribution is 0.420. The molecule has 4 heteroatoms. The molecule has 0 unspecified atom stereocenters. The van der Waals surface area contributed by atoms with Crippen LogP contribution in [0.4, 0.5) is 5.82 Å². The summed E-state index contributed by atoms with van der Waals surface area (Å²) in [6, 6.07) is 8.49. The third-order valence-electron chi connectivity index (χ3n) is 2.96. The number of nitrogens with zero attached hydrogens (tertiary/aromatic N) is 1. The van der Waals surface area contributed by atoms with Gasteiger partial charge in [-0.3, -0.25) is 0 Å². The number of benzene rings is 1. The Morgan fingerprint density at radius 3 is 2.74 bits per heavy atom. The molecule has 0 saturated heterocycles. The van der Waals surface area contributed by atoms with Crippen LogP contribution in [-0.4, -0.2) is 31.2 Å². The number of pyridine rings is 1. The van der Waals surface area contributed by atoms with Gasteiger partial charge in [0.05, 0.1) is 7.11 Å². The average Bonchev–Trinajstić information content (AvgIpc) is 2.42. The van der Waals surface area contributed by atoms with Crippen LogP contribution in [0.2, 0.25) is 0 Å². The first-order valence-corrected chi connectivity index (χ1v) is 6.61. The molecule has 2 rings (SSSR count). The Morgan fingerprint density at radius 1 is 1.16 bits per heavy atom. The van der Waals surface area contributed by atoms with Crippen molar-refractivity contribution in [3.63, 3.8) is 0 Å². The van der Waals surface area contributed by atoms with Gasteiger partial charge in [0.25, 0.3) is 0 Å². The molecule has 0 fully saturated rings. The highest BCUT2D eigenvalue weighted by Gasteiger charge is 2.05. The zero-order valence-electron chi connectivity index (χ0n) is 11.7. The predicted octanol–water partition coefficient (Wildman–Crippen LogP) is 2.65. The maximum Gasteiger partial charge on any atom is 0.133 e. The number of aromatic nitrogens is 1. The fourth-order valence-corrected chi connectivity index (χ4v) is 2.04. The molecule has 1 heterocycles. The lowest BCUT2D eigenvalue weighted by Crippen LogP contribution is -2.28. The third-order valence-corrected chi connectivity index (χ3v) is 2.96. The van der Waals surface area contributed by atoms with Gasteiger partial charge in [-0.05, 0) is 12.1 Å². The quantitative estimate of drug-likeness (QED) is 0.783. The van der Waals surface area contributed by atoms with Crippen molar-refractivity contribution in [3.05, 3.63) is 30.5 Å². The maximum atomic E-state index is 5.37. The van der Waals surface area contributed by atoms with Crippen molar-refractivity contribution in [2.45, 2.75) is 19.9 Å². The molecule has 4 nitrogen and oxygen atoms in total. The van der Waals surface area contributed by atoms with Crippen molar-refractivity contribution in [3.8, 4) is 5.75 Å². The van der Waals surface area contributed by atoms with E-state index in [4.69, 9.17) is 4.74 Å². The van der Waals surface area contributed by atoms with Crippen LogP contribution in [0.1, 0.15) is 13.8 Å². The molecule has 0 aliphatic rings. The van der Waals surface area contributed by atoms with Crippen molar-refractivity contribution < 1.29 is 4.74 Å². The zero-order valence-corrected chi connectivity index (χ0v) is 11.7. The fourth-order valence-electron chi connectivity index (χ4n) is 2.04. The van der Waals surface area contributed by atoms with E-state index in [1.165, 1.54) is 0 Å². The lowest BCUT2D eigenvalue weighted by Gasteiger charge is -2.12. The minimum absolute atomic E-state index is 0.502. The van der Waals surface area contributed by atoms with E-state index in [0.29, 0.717) is 6.04 Å². The van der Waals surface area contributed by atoms with Crippen LogP contribution in [0.25, 0.3) is 10.8 Å². The topological polar surface area (TPSA) is 46.2 Å². The van der Waals surface area contributed by atoms with E-state index in [1.54, 1.807) is 7.11 Å². The van der Waals surface area contributed by atoms with Crippen molar-refractivity contribution in [2.24, 2.45) is 0 Å². The van der Waals surface area contributed by atoms with Crippen LogP contribution < -0.4 is 15.4 Å². The molecule has 0 amide bonds. The highest BCUT2D eigenvalue weighted by molar-refractivity contribution is 5.95. The number of rotatable bonds is 6. The molecule has 0 aliphatic carbocycles. The number of nitrogens with one attached hydrogen (secondary N) is 2. The van der Waals surface area contributed by atoms with Crippen LogP contribution >= 0.6 is 0 Å². The van der Waals surface area contributed by atoms with Crippen LogP contribution in [0.5, 0.6) is 5.75 Å². The Balaban J connectivity index is 2.15. The summed E-state index contributed by atoms with van der Waals surface area (Å²) in [5.41, 5.74) is 0. The molecule has 0 radical (unpaired) electrons. The van der Waals surface area contributed by atoms with Gasteiger partial charge in [0.15, 0.2) is 0 Å². The predicted molar refractivity (Wildman–Crippen MR) is 79.9 cm³/mol. The molecular formula is C15H21N3O. The normalized spacial score (nSPS) is 10.9. The molecule has 2 aromatic rings. The summed E-state index contributed by atoms with van der Waals surface area (Å²) in [4.78, 5) is 4.40. The number of ether oxygens (including phenoxy) is 1. The first-order chi connectivity index (χ1) is 9.22. The van der Waals surface area contributed by atoms with Crippen molar-refractivity contribution in [2.75, 3.05) is 25.5 Å². The van der Waals surface area contributed by atoms with E-state index in [1.807, 2.05) is 24.4 Å². The number of hydrogen-bond donors (Lipinski definition) is 2. The van der Waals surface area contributed by atoms with E-state index in [9.17, 15) is 0 Å². The van der Waals surface area contributed by atoms with Gasteiger partial charge in [0, 0.05) is 36.1 Å². The van der Waals surface area contributed by atoms with Gasteiger partial charge < -0.3 is 15.4 Å². The second-order valence-corrected chi connectivity index (χ2v) is 4.75. The molecule has 0 bridgehead atoms. The van der Waals surface area contributed by atoms with Gasteiger partial charge in [0.2, 0.25) is 0 Å². The monoisotopic (exact) mass is 259 g/mol. The standard InChI is InChI=1S/C15H21N3O/c1-11(2)16-9-10-18-15-13-5-4-6-14(19-3)12(13)7-8-17-15/h4-8,11,16H,9-10H2,1-3H3,(H,17,18). The van der Waals surface area contributed by atoms with Gasteiger partial charge >= 0.3 is 0 Å². The molecule has 102 valence electrons. The molecule has 1 aromatic carbocycles. The number of anilines is 1. The van der Waals surface area contributed by atoms with E-state index in [2.05, 4.69) is 35.5 Å². The molecule has 0 saturated carbocycles. The summed E-state index contributed by atoms with van der Waals surface area (Å²) in [6.07, 6.45) is 1.81. The van der Waals surface area contributed by atoms with Crippen molar-refractivity contribution in [1.82, 2.24) is 10.3 Å². The minimum atomic E-state index is 0.502. The average molecular weight is 259 g/mol. The first kappa shape index (κ1) is 13.6. The highest BCUT2D eigenvalue weighted by atomic mass is 16.5. The molecule has 0 aliphatic heterocycles. The van der Waals surface area contributed by atoms with E-state index in [-0.39, 0.29) is 0 Å². The van der Waals surface area contributed by atoms with Crippen LogP contribution in [0.3, 0.4) is 0 Å². The van der Waals surface area contributed by atoms with Crippen LogP contribution in [0.15, 0.2) is 30.5 Å². The fraction of sp³-hybridized carbons (Fsp3) is 0.400. The molecular weight excluding hydrogens is 238 g/mol. The second kappa shape index (κ2) is 6.38. The van der Waals surface area contributed by atoms with E-state index < -0.39 is 0 Å². The highest BCUT2D eigenvalue weighted by Crippen LogP contribution is 2.28. The molecule has 1 aromatic heterocycles. The Morgan fingerprint density at radius 2 is 2.00 bits per heavy atom. The maximum absolute atomic E-state index is 5.37. The Labute approximate surface area is 114 Å². The summed E-state index contributed by atoms with van der Waals surface area (Å²) < 4.78 is 5.37. The molecule has 19 heavy (non-hydrogen) atoms.